The Kier molecular flexibility index (Phi) is 16.4. The molecule has 0 atom stereocenters. The van der Waals surface area contributed by atoms with Crippen molar-refractivity contribution in [3.8, 4) is 0 Å². The normalized spacial score (nSPS) is 9.29. The molecule has 6 nitrogen and oxygen atoms in total. The summed E-state index contributed by atoms with van der Waals surface area (Å²) in [6, 6.07) is 0. The maximum absolute atomic E-state index is 10.1. The van der Waals surface area contributed by atoms with Gasteiger partial charge in [0, 0.05) is 0 Å². The van der Waals surface area contributed by atoms with E-state index in [2.05, 4.69) is 0 Å². The van der Waals surface area contributed by atoms with E-state index in [1.807, 2.05) is 6.92 Å². The van der Waals surface area contributed by atoms with Gasteiger partial charge >= 0.3 is 37.7 Å². The SMILES string of the molecule is CCCCCS(=O)(=O)O.O=C([O-])[O-].[Ca+2]. The summed E-state index contributed by atoms with van der Waals surface area (Å²) in [6.45, 7) is 1.98. The second kappa shape index (κ2) is 11.5. The molecular weight excluding hydrogens is 240 g/mol. The van der Waals surface area contributed by atoms with Crippen molar-refractivity contribution in [2.75, 3.05) is 5.75 Å². The Morgan fingerprint density at radius 3 is 1.86 bits per heavy atom. The van der Waals surface area contributed by atoms with Gasteiger partial charge in [0.25, 0.3) is 10.1 Å². The number of hydrogen-bond acceptors (Lipinski definition) is 5. The Hall–Kier alpha value is 0.440. The Balaban J connectivity index is -0.000000209. The summed E-state index contributed by atoms with van der Waals surface area (Å²) in [5.41, 5.74) is 0. The zero-order valence-electron chi connectivity index (χ0n) is 7.93. The van der Waals surface area contributed by atoms with Crippen LogP contribution in [-0.4, -0.2) is 62.6 Å². The van der Waals surface area contributed by atoms with Crippen molar-refractivity contribution in [3.63, 3.8) is 0 Å². The van der Waals surface area contributed by atoms with Gasteiger partial charge in [0.05, 0.1) is 5.75 Å². The Morgan fingerprint density at radius 2 is 1.64 bits per heavy atom. The molecule has 0 aromatic rings. The summed E-state index contributed by atoms with van der Waals surface area (Å²) in [7, 11) is -3.70. The van der Waals surface area contributed by atoms with Crippen LogP contribution in [0.15, 0.2) is 0 Å². The van der Waals surface area contributed by atoms with Crippen molar-refractivity contribution in [1.29, 1.82) is 0 Å². The van der Waals surface area contributed by atoms with Gasteiger partial charge < -0.3 is 15.0 Å². The van der Waals surface area contributed by atoms with Crippen LogP contribution < -0.4 is 10.2 Å². The van der Waals surface area contributed by atoms with Crippen LogP contribution >= 0.6 is 0 Å². The van der Waals surface area contributed by atoms with E-state index in [-0.39, 0.29) is 43.5 Å². The number of unbranched alkanes of at least 4 members (excludes halogenated alkanes) is 2. The maximum atomic E-state index is 10.1. The second-order valence-electron chi connectivity index (χ2n) is 2.24. The van der Waals surface area contributed by atoms with Gasteiger partial charge in [0.1, 0.15) is 0 Å². The number of carboxylic acid groups (broad SMARTS) is 2. The summed E-state index contributed by atoms with van der Waals surface area (Å²) in [5, 5.41) is 16.7. The van der Waals surface area contributed by atoms with Crippen molar-refractivity contribution in [2.45, 2.75) is 26.2 Å². The third kappa shape index (κ3) is 39.3. The van der Waals surface area contributed by atoms with Crippen LogP contribution in [0.4, 0.5) is 4.79 Å². The zero-order chi connectivity index (χ0) is 10.9. The quantitative estimate of drug-likeness (QED) is 0.359. The first-order chi connectivity index (χ1) is 5.79. The molecule has 0 aromatic carbocycles. The minimum atomic E-state index is -3.70. The van der Waals surface area contributed by atoms with Gasteiger partial charge in [-0.1, -0.05) is 19.8 Å². The predicted molar refractivity (Wildman–Crippen MR) is 47.1 cm³/mol. The van der Waals surface area contributed by atoms with E-state index in [1.54, 1.807) is 0 Å². The Labute approximate surface area is 113 Å². The average Bonchev–Trinajstić information content (AvgIpc) is 1.83. The Bertz CT molecular complexity index is 220. The van der Waals surface area contributed by atoms with Crippen molar-refractivity contribution in [1.82, 2.24) is 0 Å². The fraction of sp³-hybridized carbons (Fsp3) is 0.833. The summed E-state index contributed by atoms with van der Waals surface area (Å²) in [4.78, 5) is 8.33. The van der Waals surface area contributed by atoms with Crippen LogP contribution in [0, 0.1) is 0 Å². The molecule has 0 aromatic heterocycles. The molecule has 0 rings (SSSR count). The van der Waals surface area contributed by atoms with Crippen molar-refractivity contribution in [3.05, 3.63) is 0 Å². The third-order valence-corrected chi connectivity index (χ3v) is 1.81. The number of rotatable bonds is 4. The van der Waals surface area contributed by atoms with E-state index in [4.69, 9.17) is 19.6 Å². The van der Waals surface area contributed by atoms with Crippen LogP contribution in [0.2, 0.25) is 0 Å². The van der Waals surface area contributed by atoms with Crippen LogP contribution in [0.3, 0.4) is 0 Å². The molecule has 14 heavy (non-hydrogen) atoms. The molecule has 0 spiro atoms. The van der Waals surface area contributed by atoms with Gasteiger partial charge in [-0.05, 0) is 12.6 Å². The molecule has 80 valence electrons. The molecule has 0 saturated heterocycles. The zero-order valence-corrected chi connectivity index (χ0v) is 11.0. The molecule has 0 aliphatic carbocycles. The topological polar surface area (TPSA) is 118 Å². The molecule has 0 unspecified atom stereocenters. The van der Waals surface area contributed by atoms with Gasteiger partial charge in [0.15, 0.2) is 0 Å². The van der Waals surface area contributed by atoms with E-state index in [1.165, 1.54) is 0 Å². The molecule has 0 saturated carbocycles. The summed E-state index contributed by atoms with van der Waals surface area (Å²) < 4.78 is 28.3. The van der Waals surface area contributed by atoms with Crippen molar-refractivity contribution >= 4 is 54.0 Å². The summed E-state index contributed by atoms with van der Waals surface area (Å²) in [5.74, 6) is -0.0964. The first-order valence-corrected chi connectivity index (χ1v) is 5.23. The second-order valence-corrected chi connectivity index (χ2v) is 3.82. The third-order valence-electron chi connectivity index (χ3n) is 1.01. The molecule has 0 aliphatic rings. The van der Waals surface area contributed by atoms with Crippen molar-refractivity contribution < 1.29 is 28.0 Å². The minimum absolute atomic E-state index is 0. The number of hydrogen-bond donors (Lipinski definition) is 1. The maximum Gasteiger partial charge on any atom is 2.00 e. The van der Waals surface area contributed by atoms with Gasteiger partial charge in [-0.25, -0.2) is 0 Å². The molecule has 8 heteroatoms. The van der Waals surface area contributed by atoms with Gasteiger partial charge in [-0.3, -0.25) is 4.55 Å². The van der Waals surface area contributed by atoms with Crippen LogP contribution in [0.1, 0.15) is 26.2 Å². The molecule has 0 heterocycles. The van der Waals surface area contributed by atoms with Gasteiger partial charge in [-0.2, -0.15) is 8.42 Å². The first-order valence-electron chi connectivity index (χ1n) is 3.62. The van der Waals surface area contributed by atoms with Crippen molar-refractivity contribution in [2.24, 2.45) is 0 Å². The summed E-state index contributed by atoms with van der Waals surface area (Å²) in [6.07, 6.45) is 0.0602. The van der Waals surface area contributed by atoms with E-state index in [0.717, 1.165) is 12.8 Å². The van der Waals surface area contributed by atoms with Crippen LogP contribution in [0.25, 0.3) is 0 Å². The summed E-state index contributed by atoms with van der Waals surface area (Å²) >= 11 is 0. The van der Waals surface area contributed by atoms with Crippen LogP contribution in [0.5, 0.6) is 0 Å². The molecule has 0 fully saturated rings. The van der Waals surface area contributed by atoms with E-state index in [0.29, 0.717) is 6.42 Å². The van der Waals surface area contributed by atoms with Gasteiger partial charge in [-0.15, -0.1) is 0 Å². The fourth-order valence-electron chi connectivity index (χ4n) is 0.534. The van der Waals surface area contributed by atoms with Crippen LogP contribution in [-0.2, 0) is 10.1 Å². The predicted octanol–water partition coefficient (Wildman–Crippen LogP) is -1.76. The molecular formula is C6H12CaO6S. The fourth-order valence-corrected chi connectivity index (χ4v) is 1.10. The minimum Gasteiger partial charge on any atom is -0.652 e. The molecule has 0 aliphatic heterocycles. The molecule has 0 amide bonds. The molecule has 0 bridgehead atoms. The number of carbonyl (C=O) groups excluding carboxylic acids is 1. The standard InChI is InChI=1S/C5H12O3S.CH2O3.Ca/c1-2-3-4-5-9(6,7)8;2-1(3)4;/h2-5H2,1H3,(H,6,7,8);(H2,2,3,4);/q;;+2/p-2. The van der Waals surface area contributed by atoms with E-state index in [9.17, 15) is 8.42 Å². The molecule has 1 N–H and O–H groups in total. The average molecular weight is 252 g/mol. The van der Waals surface area contributed by atoms with Gasteiger partial charge in [0.2, 0.25) is 0 Å². The number of carbonyl (C=O) groups is 1. The monoisotopic (exact) mass is 252 g/mol. The van der Waals surface area contributed by atoms with E-state index >= 15 is 0 Å². The smallest absolute Gasteiger partial charge is 0.652 e. The first kappa shape index (κ1) is 19.9. The Morgan fingerprint density at radius 1 is 1.29 bits per heavy atom. The molecule has 0 radical (unpaired) electrons. The van der Waals surface area contributed by atoms with E-state index < -0.39 is 16.3 Å². The largest absolute Gasteiger partial charge is 2.00 e.